The van der Waals surface area contributed by atoms with Gasteiger partial charge in [-0.25, -0.2) is 4.52 Å². The van der Waals surface area contributed by atoms with Gasteiger partial charge in [-0.3, -0.25) is 9.36 Å². The zero-order valence-electron chi connectivity index (χ0n) is 18.2. The minimum atomic E-state index is -4.62. The van der Waals surface area contributed by atoms with E-state index in [1.165, 1.54) is 35.0 Å². The normalized spacial score (nSPS) is 11.9. The second kappa shape index (κ2) is 7.98. The summed E-state index contributed by atoms with van der Waals surface area (Å²) in [5, 5.41) is 13.0. The topological polar surface area (TPSA) is 74.3 Å². The van der Waals surface area contributed by atoms with E-state index >= 15 is 0 Å². The van der Waals surface area contributed by atoms with Crippen molar-refractivity contribution in [1.29, 1.82) is 0 Å². The average Bonchev–Trinajstić information content (AvgIpc) is 3.23. The van der Waals surface area contributed by atoms with Gasteiger partial charge in [-0.2, -0.15) is 18.3 Å². The number of para-hydroxylation sites is 1. The maximum absolute atomic E-state index is 13.5. The summed E-state index contributed by atoms with van der Waals surface area (Å²) in [5.41, 5.74) is 1.17. The van der Waals surface area contributed by atoms with E-state index in [2.05, 4.69) is 15.3 Å². The van der Waals surface area contributed by atoms with E-state index in [-0.39, 0.29) is 11.2 Å². The molecule has 172 valence electrons. The van der Waals surface area contributed by atoms with Crippen LogP contribution in [0.25, 0.3) is 33.5 Å². The molecule has 34 heavy (non-hydrogen) atoms. The summed E-state index contributed by atoms with van der Waals surface area (Å²) in [5.74, 6) is 0.703. The molecular weight excluding hydrogens is 447 g/mol. The SMILES string of the molecule is CCc1nn2c(nnc3c(=O)n(-c4ccccc4C(F)(F)F)ccc32)c1-c1ccc(OC)cc1. The maximum atomic E-state index is 13.5. The highest BCUT2D eigenvalue weighted by Crippen LogP contribution is 2.34. The summed E-state index contributed by atoms with van der Waals surface area (Å²) in [6.07, 6.45) is -2.72. The molecule has 0 saturated carbocycles. The highest BCUT2D eigenvalue weighted by atomic mass is 19.4. The van der Waals surface area contributed by atoms with Crippen LogP contribution in [0.3, 0.4) is 0 Å². The number of methoxy groups -OCH3 is 1. The Bertz CT molecular complexity index is 1590. The average molecular weight is 465 g/mol. The first kappa shape index (κ1) is 21.6. The molecule has 3 heterocycles. The van der Waals surface area contributed by atoms with Crippen LogP contribution in [0.2, 0.25) is 0 Å². The van der Waals surface area contributed by atoms with Gasteiger partial charge < -0.3 is 4.74 Å². The van der Waals surface area contributed by atoms with Crippen LogP contribution in [0.1, 0.15) is 18.2 Å². The summed E-state index contributed by atoms with van der Waals surface area (Å²) in [6, 6.07) is 13.8. The Hall–Kier alpha value is -4.21. The van der Waals surface area contributed by atoms with Crippen LogP contribution in [0.15, 0.2) is 65.6 Å². The van der Waals surface area contributed by atoms with Gasteiger partial charge in [0.25, 0.3) is 5.56 Å². The van der Waals surface area contributed by atoms with Crippen LogP contribution in [0.4, 0.5) is 13.2 Å². The molecule has 0 bridgehead atoms. The zero-order chi connectivity index (χ0) is 24.0. The van der Waals surface area contributed by atoms with Crippen LogP contribution in [0.5, 0.6) is 5.75 Å². The molecule has 0 unspecified atom stereocenters. The third-order valence-corrected chi connectivity index (χ3v) is 5.63. The Kier molecular flexibility index (Phi) is 5.07. The number of hydrogen-bond acceptors (Lipinski definition) is 5. The number of pyridine rings is 1. The Morgan fingerprint density at radius 3 is 2.41 bits per heavy atom. The number of ether oxygens (including phenoxy) is 1. The van der Waals surface area contributed by atoms with Crippen LogP contribution in [-0.4, -0.2) is 31.5 Å². The molecule has 0 N–H and O–H groups in total. The lowest BCUT2D eigenvalue weighted by Crippen LogP contribution is -2.23. The fraction of sp³-hybridized carbons (Fsp3) is 0.167. The van der Waals surface area contributed by atoms with E-state index in [1.807, 2.05) is 31.2 Å². The zero-order valence-corrected chi connectivity index (χ0v) is 18.2. The molecular formula is C24H18F3N5O2. The lowest BCUT2D eigenvalue weighted by molar-refractivity contribution is -0.137. The van der Waals surface area contributed by atoms with Crippen molar-refractivity contribution < 1.29 is 17.9 Å². The lowest BCUT2D eigenvalue weighted by Gasteiger charge is -2.14. The smallest absolute Gasteiger partial charge is 0.418 e. The van der Waals surface area contributed by atoms with Gasteiger partial charge in [0.15, 0.2) is 11.2 Å². The summed E-state index contributed by atoms with van der Waals surface area (Å²) < 4.78 is 48.2. The molecule has 0 radical (unpaired) electrons. The summed E-state index contributed by atoms with van der Waals surface area (Å²) in [6.45, 7) is 1.95. The molecule has 0 fully saturated rings. The maximum Gasteiger partial charge on any atom is 0.418 e. The first-order valence-corrected chi connectivity index (χ1v) is 10.4. The van der Waals surface area contributed by atoms with E-state index in [9.17, 15) is 18.0 Å². The number of aromatic nitrogens is 5. The number of fused-ring (bicyclic) bond motifs is 3. The fourth-order valence-corrected chi connectivity index (χ4v) is 4.01. The van der Waals surface area contributed by atoms with Crippen LogP contribution in [-0.2, 0) is 12.6 Å². The quantitative estimate of drug-likeness (QED) is 0.385. The van der Waals surface area contributed by atoms with Crippen LogP contribution < -0.4 is 10.3 Å². The lowest BCUT2D eigenvalue weighted by atomic mass is 10.0. The largest absolute Gasteiger partial charge is 0.497 e. The van der Waals surface area contributed by atoms with E-state index in [0.29, 0.717) is 23.3 Å². The molecule has 0 aliphatic carbocycles. The first-order valence-electron chi connectivity index (χ1n) is 10.4. The summed E-state index contributed by atoms with van der Waals surface area (Å²) in [7, 11) is 1.58. The number of nitrogens with zero attached hydrogens (tertiary/aromatic N) is 5. The summed E-state index contributed by atoms with van der Waals surface area (Å²) >= 11 is 0. The van der Waals surface area contributed by atoms with Gasteiger partial charge in [-0.15, -0.1) is 10.2 Å². The van der Waals surface area contributed by atoms with Crippen molar-refractivity contribution >= 4 is 16.7 Å². The minimum absolute atomic E-state index is 0.0848. The second-order valence-electron chi connectivity index (χ2n) is 7.58. The molecule has 2 aromatic carbocycles. The number of aryl methyl sites for hydroxylation is 1. The van der Waals surface area contributed by atoms with Gasteiger partial charge in [0, 0.05) is 6.20 Å². The predicted octanol–water partition coefficient (Wildman–Crippen LogP) is 4.69. The van der Waals surface area contributed by atoms with Crippen molar-refractivity contribution in [1.82, 2.24) is 24.4 Å². The molecule has 0 amide bonds. The van der Waals surface area contributed by atoms with Gasteiger partial charge in [0.2, 0.25) is 0 Å². The van der Waals surface area contributed by atoms with Crippen molar-refractivity contribution in [2.75, 3.05) is 7.11 Å². The monoisotopic (exact) mass is 465 g/mol. The molecule has 0 saturated heterocycles. The molecule has 0 aliphatic rings. The van der Waals surface area contributed by atoms with E-state index in [0.717, 1.165) is 27.5 Å². The highest BCUT2D eigenvalue weighted by Gasteiger charge is 2.34. The van der Waals surface area contributed by atoms with E-state index in [1.54, 1.807) is 7.11 Å². The second-order valence-corrected chi connectivity index (χ2v) is 7.58. The van der Waals surface area contributed by atoms with Gasteiger partial charge >= 0.3 is 6.18 Å². The number of hydrogen-bond donors (Lipinski definition) is 0. The van der Waals surface area contributed by atoms with Crippen molar-refractivity contribution in [3.63, 3.8) is 0 Å². The molecule has 3 aromatic heterocycles. The molecule has 0 atom stereocenters. The molecule has 5 rings (SSSR count). The standard InChI is InChI=1S/C24H18F3N5O2/c1-3-17-20(14-8-10-15(34-2)11-9-14)22-29-28-21-19(32(22)30-17)12-13-31(23(21)33)18-7-5-4-6-16(18)24(25,26)27/h4-13H,3H2,1-2H3. The van der Waals surface area contributed by atoms with E-state index < -0.39 is 17.3 Å². The molecule has 7 nitrogen and oxygen atoms in total. The number of benzene rings is 2. The van der Waals surface area contributed by atoms with Crippen molar-refractivity contribution in [2.24, 2.45) is 0 Å². The summed E-state index contributed by atoms with van der Waals surface area (Å²) in [4.78, 5) is 13.2. The predicted molar refractivity (Wildman–Crippen MR) is 120 cm³/mol. The molecule has 10 heteroatoms. The van der Waals surface area contributed by atoms with E-state index in [4.69, 9.17) is 4.74 Å². The fourth-order valence-electron chi connectivity index (χ4n) is 4.01. The minimum Gasteiger partial charge on any atom is -0.497 e. The van der Waals surface area contributed by atoms with Crippen LogP contribution >= 0.6 is 0 Å². The van der Waals surface area contributed by atoms with Gasteiger partial charge in [-0.1, -0.05) is 31.2 Å². The molecule has 0 aliphatic heterocycles. The third-order valence-electron chi connectivity index (χ3n) is 5.63. The Labute approximate surface area is 191 Å². The Balaban J connectivity index is 1.74. The third kappa shape index (κ3) is 3.38. The van der Waals surface area contributed by atoms with Crippen LogP contribution in [0, 0.1) is 0 Å². The van der Waals surface area contributed by atoms with Gasteiger partial charge in [0.1, 0.15) is 11.3 Å². The van der Waals surface area contributed by atoms with Crippen molar-refractivity contribution in [3.8, 4) is 22.6 Å². The van der Waals surface area contributed by atoms with Gasteiger partial charge in [-0.05, 0) is 42.3 Å². The Morgan fingerprint density at radius 1 is 1.00 bits per heavy atom. The van der Waals surface area contributed by atoms with Crippen molar-refractivity contribution in [2.45, 2.75) is 19.5 Å². The van der Waals surface area contributed by atoms with Gasteiger partial charge in [0.05, 0.1) is 29.6 Å². The number of alkyl halides is 3. The Morgan fingerprint density at radius 2 is 1.74 bits per heavy atom. The number of rotatable bonds is 4. The molecule has 5 aromatic rings. The number of halogens is 3. The van der Waals surface area contributed by atoms with Crippen molar-refractivity contribution in [3.05, 3.63) is 82.4 Å². The highest BCUT2D eigenvalue weighted by molar-refractivity contribution is 5.85. The first-order chi connectivity index (χ1) is 16.3. The molecule has 0 spiro atoms.